The third-order valence-electron chi connectivity index (χ3n) is 3.55. The highest BCUT2D eigenvalue weighted by Gasteiger charge is 2.43. The second-order valence-electron chi connectivity index (χ2n) is 5.00. The Morgan fingerprint density at radius 1 is 1.30 bits per heavy atom. The van der Waals surface area contributed by atoms with Crippen molar-refractivity contribution in [2.24, 2.45) is 0 Å². The van der Waals surface area contributed by atoms with Gasteiger partial charge in [0, 0.05) is 17.7 Å². The first-order valence-electron chi connectivity index (χ1n) is 6.57. The van der Waals surface area contributed by atoms with Gasteiger partial charge in [-0.1, -0.05) is 5.16 Å². The van der Waals surface area contributed by atoms with Gasteiger partial charge < -0.3 is 18.6 Å². The van der Waals surface area contributed by atoms with Crippen LogP contribution in [0.2, 0.25) is 0 Å². The highest BCUT2D eigenvalue weighted by atomic mass is 19.3. The van der Waals surface area contributed by atoms with Gasteiger partial charge in [-0.25, -0.2) is 4.98 Å². The number of aromatic nitrogens is 3. The van der Waals surface area contributed by atoms with Crippen molar-refractivity contribution >= 4 is 11.0 Å². The van der Waals surface area contributed by atoms with E-state index in [-0.39, 0.29) is 23.9 Å². The summed E-state index contributed by atoms with van der Waals surface area (Å²) < 4.78 is 41.7. The van der Waals surface area contributed by atoms with Crippen molar-refractivity contribution in [3.8, 4) is 17.6 Å². The van der Waals surface area contributed by atoms with Crippen LogP contribution in [0, 0.1) is 18.3 Å². The van der Waals surface area contributed by atoms with Crippen LogP contribution in [0.15, 0.2) is 22.9 Å². The Morgan fingerprint density at radius 3 is 2.70 bits per heavy atom. The molecule has 0 N–H and O–H groups in total. The molecule has 0 fully saturated rings. The predicted molar refractivity (Wildman–Crippen MR) is 71.0 cm³/mol. The summed E-state index contributed by atoms with van der Waals surface area (Å²) in [5.74, 6) is 0.520. The van der Waals surface area contributed by atoms with Gasteiger partial charge >= 0.3 is 6.29 Å². The second kappa shape index (κ2) is 4.42. The van der Waals surface area contributed by atoms with Gasteiger partial charge in [-0.2, -0.15) is 5.26 Å². The van der Waals surface area contributed by atoms with Crippen LogP contribution in [0.25, 0.3) is 11.0 Å². The number of nitrogens with zero attached hydrogens (tertiary/aromatic N) is 4. The van der Waals surface area contributed by atoms with E-state index in [1.165, 1.54) is 18.3 Å². The molecule has 0 amide bonds. The monoisotopic (exact) mass is 318 g/mol. The van der Waals surface area contributed by atoms with E-state index in [9.17, 15) is 14.0 Å². The van der Waals surface area contributed by atoms with Gasteiger partial charge in [0.05, 0.1) is 23.8 Å². The van der Waals surface area contributed by atoms with Crippen LogP contribution in [0.1, 0.15) is 17.1 Å². The van der Waals surface area contributed by atoms with E-state index in [2.05, 4.69) is 19.6 Å². The predicted octanol–water partition coefficient (Wildman–Crippen LogP) is 2.57. The smallest absolute Gasteiger partial charge is 0.395 e. The number of halogens is 2. The Morgan fingerprint density at radius 2 is 2.04 bits per heavy atom. The maximum atomic E-state index is 13.2. The third kappa shape index (κ3) is 2.07. The molecule has 0 aliphatic carbocycles. The number of rotatable bonds is 2. The molecule has 23 heavy (non-hydrogen) atoms. The number of ether oxygens (including phenoxy) is 2. The summed E-state index contributed by atoms with van der Waals surface area (Å²) in [5, 5.41) is 12.9. The lowest BCUT2D eigenvalue weighted by Gasteiger charge is -2.05. The zero-order valence-corrected chi connectivity index (χ0v) is 11.7. The first-order valence-corrected chi connectivity index (χ1v) is 6.57. The standard InChI is InChI=1S/C14H8F2N4O3/c1-7-8(5-18-23-7)6-20-10-3-12-11(21-14(15,16)22-12)2-9(10)19-13(20)4-17/h2-3,5H,6H2,1H3. The van der Waals surface area contributed by atoms with Crippen molar-refractivity contribution in [2.75, 3.05) is 0 Å². The van der Waals surface area contributed by atoms with Crippen molar-refractivity contribution in [2.45, 2.75) is 19.8 Å². The molecule has 7 nitrogen and oxygen atoms in total. The van der Waals surface area contributed by atoms with Gasteiger partial charge in [0.25, 0.3) is 0 Å². The van der Waals surface area contributed by atoms with E-state index in [0.717, 1.165) is 5.56 Å². The lowest BCUT2D eigenvalue weighted by atomic mass is 10.2. The number of aryl methyl sites for hydroxylation is 1. The van der Waals surface area contributed by atoms with Crippen molar-refractivity contribution in [3.05, 3.63) is 35.5 Å². The summed E-state index contributed by atoms with van der Waals surface area (Å²) in [4.78, 5) is 4.14. The molecule has 1 aliphatic rings. The van der Waals surface area contributed by atoms with Gasteiger partial charge in [-0.15, -0.1) is 8.78 Å². The number of hydrogen-bond acceptors (Lipinski definition) is 6. The molecule has 9 heteroatoms. The van der Waals surface area contributed by atoms with Crippen LogP contribution in [-0.2, 0) is 6.54 Å². The molecule has 1 aliphatic heterocycles. The Hall–Kier alpha value is -3.15. The molecule has 0 spiro atoms. The minimum atomic E-state index is -3.70. The zero-order valence-electron chi connectivity index (χ0n) is 11.7. The molecule has 0 unspecified atom stereocenters. The second-order valence-corrected chi connectivity index (χ2v) is 5.00. The Balaban J connectivity index is 1.87. The Bertz CT molecular complexity index is 970. The lowest BCUT2D eigenvalue weighted by Crippen LogP contribution is -2.25. The topological polar surface area (TPSA) is 86.1 Å². The SMILES string of the molecule is Cc1oncc1Cn1c(C#N)nc2cc3c(cc21)OC(F)(F)O3. The van der Waals surface area contributed by atoms with Crippen LogP contribution in [-0.4, -0.2) is 21.0 Å². The summed E-state index contributed by atoms with van der Waals surface area (Å²) >= 11 is 0. The number of imidazole rings is 1. The van der Waals surface area contributed by atoms with E-state index in [1.54, 1.807) is 11.5 Å². The number of nitriles is 1. The first-order chi connectivity index (χ1) is 11.0. The molecule has 4 rings (SSSR count). The van der Waals surface area contributed by atoms with Crippen LogP contribution in [0.5, 0.6) is 11.5 Å². The van der Waals surface area contributed by atoms with Crippen LogP contribution in [0.3, 0.4) is 0 Å². The molecule has 0 atom stereocenters. The molecule has 2 aromatic heterocycles. The van der Waals surface area contributed by atoms with E-state index < -0.39 is 6.29 Å². The van der Waals surface area contributed by atoms with Crippen molar-refractivity contribution in [3.63, 3.8) is 0 Å². The molecule has 116 valence electrons. The fraction of sp³-hybridized carbons (Fsp3) is 0.214. The minimum Gasteiger partial charge on any atom is -0.395 e. The molecule has 3 aromatic rings. The molecular formula is C14H8F2N4O3. The van der Waals surface area contributed by atoms with E-state index in [1.807, 2.05) is 6.07 Å². The highest BCUT2D eigenvalue weighted by Crippen LogP contribution is 2.43. The number of fused-ring (bicyclic) bond motifs is 2. The van der Waals surface area contributed by atoms with Gasteiger partial charge in [-0.3, -0.25) is 0 Å². The van der Waals surface area contributed by atoms with Crippen molar-refractivity contribution < 1.29 is 22.8 Å². The molecule has 3 heterocycles. The molecule has 1 aromatic carbocycles. The lowest BCUT2D eigenvalue weighted by molar-refractivity contribution is -0.286. The average Bonchev–Trinajstić information content (AvgIpc) is 3.12. The summed E-state index contributed by atoms with van der Waals surface area (Å²) in [6.07, 6.45) is -2.17. The van der Waals surface area contributed by atoms with E-state index in [0.29, 0.717) is 16.8 Å². The van der Waals surface area contributed by atoms with Gasteiger partial charge in [0.1, 0.15) is 11.8 Å². The fourth-order valence-corrected chi connectivity index (χ4v) is 2.46. The van der Waals surface area contributed by atoms with Gasteiger partial charge in [-0.05, 0) is 6.92 Å². The highest BCUT2D eigenvalue weighted by molar-refractivity contribution is 5.81. The molecular weight excluding hydrogens is 310 g/mol. The number of benzene rings is 1. The zero-order chi connectivity index (χ0) is 16.2. The van der Waals surface area contributed by atoms with Crippen LogP contribution in [0.4, 0.5) is 8.78 Å². The summed E-state index contributed by atoms with van der Waals surface area (Å²) in [6.45, 7) is 2.01. The normalized spacial score (nSPS) is 15.0. The van der Waals surface area contributed by atoms with Crippen molar-refractivity contribution in [1.82, 2.24) is 14.7 Å². The quantitative estimate of drug-likeness (QED) is 0.722. The van der Waals surface area contributed by atoms with E-state index >= 15 is 0 Å². The Labute approximate surface area is 127 Å². The third-order valence-corrected chi connectivity index (χ3v) is 3.55. The van der Waals surface area contributed by atoms with E-state index in [4.69, 9.17) is 4.52 Å². The molecule has 0 bridgehead atoms. The fourth-order valence-electron chi connectivity index (χ4n) is 2.46. The maximum Gasteiger partial charge on any atom is 0.586 e. The molecule has 0 saturated heterocycles. The minimum absolute atomic E-state index is 0.102. The summed E-state index contributed by atoms with van der Waals surface area (Å²) in [6, 6.07) is 4.68. The molecule has 0 radical (unpaired) electrons. The number of hydrogen-bond donors (Lipinski definition) is 0. The van der Waals surface area contributed by atoms with Gasteiger partial charge in [0.2, 0.25) is 5.82 Å². The maximum absolute atomic E-state index is 13.2. The van der Waals surface area contributed by atoms with Crippen molar-refractivity contribution in [1.29, 1.82) is 5.26 Å². The largest absolute Gasteiger partial charge is 0.586 e. The summed E-state index contributed by atoms with van der Waals surface area (Å²) in [7, 11) is 0. The first kappa shape index (κ1) is 13.5. The number of alkyl halides is 2. The summed E-state index contributed by atoms with van der Waals surface area (Å²) in [5.41, 5.74) is 1.58. The van der Waals surface area contributed by atoms with Gasteiger partial charge in [0.15, 0.2) is 11.5 Å². The van der Waals surface area contributed by atoms with Crippen LogP contribution >= 0.6 is 0 Å². The van der Waals surface area contributed by atoms with Crippen LogP contribution < -0.4 is 9.47 Å². The Kier molecular flexibility index (Phi) is 2.60. The average molecular weight is 318 g/mol. The molecule has 0 saturated carbocycles.